The normalized spacial score (nSPS) is 10.9. The maximum atomic E-state index is 11.5. The van der Waals surface area contributed by atoms with Crippen molar-refractivity contribution in [2.24, 2.45) is 0 Å². The number of fused-ring (bicyclic) bond motifs is 2. The Labute approximate surface area is 112 Å². The van der Waals surface area contributed by atoms with Gasteiger partial charge in [-0.15, -0.1) is 0 Å². The van der Waals surface area contributed by atoms with Crippen LogP contribution in [-0.4, -0.2) is 13.1 Å². The highest BCUT2D eigenvalue weighted by Crippen LogP contribution is 2.39. The molecule has 3 rings (SSSR count). The maximum Gasteiger partial charge on any atom is 0.339 e. The van der Waals surface area contributed by atoms with Crippen LogP contribution in [0.1, 0.15) is 6.92 Å². The molecule has 2 aromatic heterocycles. The van der Waals surface area contributed by atoms with Gasteiger partial charge in [0.25, 0.3) is 0 Å². The Morgan fingerprint density at radius 1 is 1.25 bits per heavy atom. The van der Waals surface area contributed by atoms with Crippen LogP contribution in [-0.2, 0) is 4.79 Å². The van der Waals surface area contributed by atoms with E-state index in [4.69, 9.17) is 18.3 Å². The molecule has 0 spiro atoms. The van der Waals surface area contributed by atoms with Crippen molar-refractivity contribution in [2.75, 3.05) is 7.11 Å². The lowest BCUT2D eigenvalue weighted by atomic mass is 10.1. The molecule has 20 heavy (non-hydrogen) atoms. The number of rotatable bonds is 2. The van der Waals surface area contributed by atoms with Crippen LogP contribution >= 0.6 is 0 Å². The maximum absolute atomic E-state index is 11.5. The molecule has 0 radical (unpaired) electrons. The second-order valence-corrected chi connectivity index (χ2v) is 4.14. The highest BCUT2D eigenvalue weighted by Gasteiger charge is 2.18. The number of hydrogen-bond donors (Lipinski definition) is 0. The fourth-order valence-corrected chi connectivity index (χ4v) is 2.14. The molecule has 0 saturated carbocycles. The van der Waals surface area contributed by atoms with Crippen LogP contribution in [0.25, 0.3) is 21.9 Å². The van der Waals surface area contributed by atoms with E-state index in [0.717, 1.165) is 6.07 Å². The Morgan fingerprint density at radius 3 is 2.75 bits per heavy atom. The molecule has 0 bridgehead atoms. The molecule has 0 aliphatic carbocycles. The average molecular weight is 274 g/mol. The summed E-state index contributed by atoms with van der Waals surface area (Å²) >= 11 is 0. The average Bonchev–Trinajstić information content (AvgIpc) is 2.82. The van der Waals surface area contributed by atoms with E-state index in [1.54, 1.807) is 12.1 Å². The zero-order chi connectivity index (χ0) is 14.3. The van der Waals surface area contributed by atoms with Crippen molar-refractivity contribution in [3.05, 3.63) is 34.9 Å². The van der Waals surface area contributed by atoms with E-state index >= 15 is 0 Å². The SMILES string of the molecule is COc1c2ccoc2cc2oc(=O)cc(OC(C)=O)c12. The molecule has 0 N–H and O–H groups in total. The van der Waals surface area contributed by atoms with E-state index in [1.165, 1.54) is 20.3 Å². The molecule has 0 fully saturated rings. The van der Waals surface area contributed by atoms with E-state index < -0.39 is 11.6 Å². The van der Waals surface area contributed by atoms with Gasteiger partial charge in [0.05, 0.1) is 24.8 Å². The Kier molecular flexibility index (Phi) is 2.71. The molecule has 0 aliphatic rings. The molecule has 0 saturated heterocycles. The summed E-state index contributed by atoms with van der Waals surface area (Å²) in [4.78, 5) is 22.7. The van der Waals surface area contributed by atoms with Gasteiger partial charge in [-0.1, -0.05) is 0 Å². The largest absolute Gasteiger partial charge is 0.495 e. The van der Waals surface area contributed by atoms with Crippen LogP contribution in [0.3, 0.4) is 0 Å². The van der Waals surface area contributed by atoms with Crippen LogP contribution in [0, 0.1) is 0 Å². The number of carbonyl (C=O) groups excluding carboxylic acids is 1. The topological polar surface area (TPSA) is 78.9 Å². The molecule has 6 nitrogen and oxygen atoms in total. The molecular formula is C14H10O6. The van der Waals surface area contributed by atoms with Crippen LogP contribution in [0.2, 0.25) is 0 Å². The van der Waals surface area contributed by atoms with E-state index in [0.29, 0.717) is 22.1 Å². The first-order valence-electron chi connectivity index (χ1n) is 5.80. The van der Waals surface area contributed by atoms with E-state index in [-0.39, 0.29) is 11.3 Å². The molecule has 0 atom stereocenters. The highest BCUT2D eigenvalue weighted by molar-refractivity contribution is 6.04. The van der Waals surface area contributed by atoms with Crippen molar-refractivity contribution in [3.63, 3.8) is 0 Å². The third-order valence-electron chi connectivity index (χ3n) is 2.84. The van der Waals surface area contributed by atoms with Gasteiger partial charge in [-0.05, 0) is 6.07 Å². The molecule has 3 aromatic rings. The molecule has 6 heteroatoms. The molecular weight excluding hydrogens is 264 g/mol. The van der Waals surface area contributed by atoms with Crippen molar-refractivity contribution >= 4 is 27.9 Å². The van der Waals surface area contributed by atoms with Gasteiger partial charge in [-0.3, -0.25) is 4.79 Å². The second kappa shape index (κ2) is 4.41. The monoisotopic (exact) mass is 274 g/mol. The van der Waals surface area contributed by atoms with Gasteiger partial charge in [-0.25, -0.2) is 4.79 Å². The van der Waals surface area contributed by atoms with Gasteiger partial charge in [0.1, 0.15) is 22.3 Å². The van der Waals surface area contributed by atoms with E-state index in [9.17, 15) is 9.59 Å². The lowest BCUT2D eigenvalue weighted by molar-refractivity contribution is -0.131. The Morgan fingerprint density at radius 2 is 2.05 bits per heavy atom. The zero-order valence-corrected chi connectivity index (χ0v) is 10.8. The smallest absolute Gasteiger partial charge is 0.339 e. The van der Waals surface area contributed by atoms with Crippen molar-refractivity contribution in [2.45, 2.75) is 6.92 Å². The van der Waals surface area contributed by atoms with E-state index in [2.05, 4.69) is 0 Å². The molecule has 0 amide bonds. The van der Waals surface area contributed by atoms with Crippen molar-refractivity contribution < 1.29 is 23.1 Å². The molecule has 1 aromatic carbocycles. The number of ether oxygens (including phenoxy) is 2. The first-order valence-corrected chi connectivity index (χ1v) is 5.80. The lowest BCUT2D eigenvalue weighted by Crippen LogP contribution is -2.06. The number of furan rings is 1. The first kappa shape index (κ1) is 12.3. The van der Waals surface area contributed by atoms with Crippen molar-refractivity contribution in [3.8, 4) is 11.5 Å². The lowest BCUT2D eigenvalue weighted by Gasteiger charge is -2.09. The summed E-state index contributed by atoms with van der Waals surface area (Å²) < 4.78 is 20.8. The quantitative estimate of drug-likeness (QED) is 0.527. The molecule has 102 valence electrons. The highest BCUT2D eigenvalue weighted by atomic mass is 16.5. The predicted molar refractivity (Wildman–Crippen MR) is 70.1 cm³/mol. The summed E-state index contributed by atoms with van der Waals surface area (Å²) in [7, 11) is 1.48. The molecule has 0 aliphatic heterocycles. The minimum absolute atomic E-state index is 0.101. The zero-order valence-electron chi connectivity index (χ0n) is 10.8. The van der Waals surface area contributed by atoms with Crippen LogP contribution in [0.4, 0.5) is 0 Å². The summed E-state index contributed by atoms with van der Waals surface area (Å²) in [6.45, 7) is 1.25. The van der Waals surface area contributed by atoms with Crippen LogP contribution in [0.5, 0.6) is 11.5 Å². The fourth-order valence-electron chi connectivity index (χ4n) is 2.14. The standard InChI is InChI=1S/C14H10O6/c1-7(15)19-11-6-12(16)20-10-5-9-8(3-4-18-9)14(17-2)13(10)11/h3-6H,1-2H3. The fraction of sp³-hybridized carbons (Fsp3) is 0.143. The number of methoxy groups -OCH3 is 1. The number of carbonyl (C=O) groups is 1. The van der Waals surface area contributed by atoms with Crippen molar-refractivity contribution in [1.29, 1.82) is 0 Å². The Bertz CT molecular complexity index is 870. The number of benzene rings is 1. The minimum atomic E-state index is -0.623. The number of esters is 1. The number of hydrogen-bond acceptors (Lipinski definition) is 6. The van der Waals surface area contributed by atoms with Crippen molar-refractivity contribution in [1.82, 2.24) is 0 Å². The summed E-state index contributed by atoms with van der Waals surface area (Å²) in [5.41, 5.74) is 0.118. The van der Waals surface area contributed by atoms with Gasteiger partial charge in [0.2, 0.25) is 0 Å². The van der Waals surface area contributed by atoms with E-state index in [1.807, 2.05) is 0 Å². The van der Waals surface area contributed by atoms with Gasteiger partial charge in [-0.2, -0.15) is 0 Å². The van der Waals surface area contributed by atoms with Crippen LogP contribution < -0.4 is 15.1 Å². The van der Waals surface area contributed by atoms with Gasteiger partial charge in [0, 0.05) is 13.0 Å². The third kappa shape index (κ3) is 1.82. The molecule has 0 unspecified atom stereocenters. The first-order chi connectivity index (χ1) is 9.60. The summed E-state index contributed by atoms with van der Waals surface area (Å²) in [5, 5.41) is 1.11. The summed E-state index contributed by atoms with van der Waals surface area (Å²) in [6.07, 6.45) is 1.50. The third-order valence-corrected chi connectivity index (χ3v) is 2.84. The summed E-state index contributed by atoms with van der Waals surface area (Å²) in [5.74, 6) is -0.0128. The molecule has 2 heterocycles. The van der Waals surface area contributed by atoms with Gasteiger partial charge in [0.15, 0.2) is 5.75 Å². The van der Waals surface area contributed by atoms with Gasteiger partial charge >= 0.3 is 11.6 Å². The summed E-state index contributed by atoms with van der Waals surface area (Å²) in [6, 6.07) is 4.38. The second-order valence-electron chi connectivity index (χ2n) is 4.14. The van der Waals surface area contributed by atoms with Crippen LogP contribution in [0.15, 0.2) is 38.1 Å². The Hall–Kier alpha value is -2.76. The minimum Gasteiger partial charge on any atom is -0.495 e. The predicted octanol–water partition coefficient (Wildman–Crippen LogP) is 2.47. The Balaban J connectivity index is 2.48. The van der Waals surface area contributed by atoms with Gasteiger partial charge < -0.3 is 18.3 Å².